The quantitative estimate of drug-likeness (QED) is 0.883. The summed E-state index contributed by atoms with van der Waals surface area (Å²) in [6.45, 7) is 2.80. The highest BCUT2D eigenvalue weighted by Gasteiger charge is 2.09. The van der Waals surface area contributed by atoms with Crippen molar-refractivity contribution in [2.75, 3.05) is 17.7 Å². The molecule has 5 heteroatoms. The Balaban J connectivity index is 2.18. The van der Waals surface area contributed by atoms with Gasteiger partial charge >= 0.3 is 0 Å². The third kappa shape index (κ3) is 2.14. The molecular weight excluding hydrogens is 220 g/mol. The molecule has 0 unspecified atom stereocenters. The molecule has 0 saturated carbocycles. The van der Waals surface area contributed by atoms with Crippen LogP contribution in [0, 0.1) is 6.92 Å². The SMILES string of the molecule is Cc1ncsc1CN(C)c1ncccc1N. The molecule has 0 aromatic carbocycles. The Bertz CT molecular complexity index is 480. The van der Waals surface area contributed by atoms with E-state index in [0.29, 0.717) is 5.69 Å². The van der Waals surface area contributed by atoms with Gasteiger partial charge < -0.3 is 10.6 Å². The minimum absolute atomic E-state index is 0.701. The van der Waals surface area contributed by atoms with Crippen LogP contribution in [0.5, 0.6) is 0 Å². The Morgan fingerprint density at radius 3 is 2.88 bits per heavy atom. The standard InChI is InChI=1S/C11H14N4S/c1-8-10(16-7-14-8)6-15(2)11-9(12)4-3-5-13-11/h3-5,7H,6,12H2,1-2H3. The summed E-state index contributed by atoms with van der Waals surface area (Å²) in [5.41, 5.74) is 9.51. The lowest BCUT2D eigenvalue weighted by atomic mass is 10.3. The predicted octanol–water partition coefficient (Wildman–Crippen LogP) is 2.07. The second kappa shape index (κ2) is 4.49. The van der Waals surface area contributed by atoms with Gasteiger partial charge in [0.15, 0.2) is 5.82 Å². The molecule has 2 aromatic heterocycles. The van der Waals surface area contributed by atoms with Crippen molar-refractivity contribution >= 4 is 22.8 Å². The fourth-order valence-corrected chi connectivity index (χ4v) is 2.33. The number of pyridine rings is 1. The van der Waals surface area contributed by atoms with Crippen LogP contribution in [-0.4, -0.2) is 17.0 Å². The Kier molecular flexibility index (Phi) is 3.05. The number of hydrogen-bond acceptors (Lipinski definition) is 5. The summed E-state index contributed by atoms with van der Waals surface area (Å²) >= 11 is 1.66. The average molecular weight is 234 g/mol. The van der Waals surface area contributed by atoms with Gasteiger partial charge in [-0.15, -0.1) is 11.3 Å². The van der Waals surface area contributed by atoms with Gasteiger partial charge in [0.2, 0.25) is 0 Å². The van der Waals surface area contributed by atoms with E-state index in [4.69, 9.17) is 5.73 Å². The number of anilines is 2. The molecule has 0 aliphatic carbocycles. The summed E-state index contributed by atoms with van der Waals surface area (Å²) in [7, 11) is 1.98. The van der Waals surface area contributed by atoms with Crippen molar-refractivity contribution in [3.63, 3.8) is 0 Å². The van der Waals surface area contributed by atoms with E-state index < -0.39 is 0 Å². The molecule has 0 fully saturated rings. The van der Waals surface area contributed by atoms with Crippen LogP contribution in [0.1, 0.15) is 10.6 Å². The minimum Gasteiger partial charge on any atom is -0.396 e. The van der Waals surface area contributed by atoms with E-state index in [1.54, 1.807) is 17.5 Å². The molecule has 0 aliphatic rings. The number of aromatic nitrogens is 2. The van der Waals surface area contributed by atoms with Crippen molar-refractivity contribution in [2.45, 2.75) is 13.5 Å². The van der Waals surface area contributed by atoms with Crippen LogP contribution in [0.25, 0.3) is 0 Å². The van der Waals surface area contributed by atoms with Crippen molar-refractivity contribution in [1.82, 2.24) is 9.97 Å². The topological polar surface area (TPSA) is 55.0 Å². The molecule has 84 valence electrons. The van der Waals surface area contributed by atoms with Crippen molar-refractivity contribution in [3.05, 3.63) is 34.4 Å². The van der Waals surface area contributed by atoms with Crippen LogP contribution in [0.4, 0.5) is 11.5 Å². The highest BCUT2D eigenvalue weighted by atomic mass is 32.1. The first-order chi connectivity index (χ1) is 7.68. The molecule has 2 aromatic rings. The second-order valence-electron chi connectivity index (χ2n) is 3.63. The monoisotopic (exact) mass is 234 g/mol. The molecule has 2 N–H and O–H groups in total. The predicted molar refractivity (Wildman–Crippen MR) is 67.6 cm³/mol. The summed E-state index contributed by atoms with van der Waals surface area (Å²) in [6.07, 6.45) is 1.75. The largest absolute Gasteiger partial charge is 0.396 e. The zero-order valence-electron chi connectivity index (χ0n) is 9.34. The van der Waals surface area contributed by atoms with Gasteiger partial charge in [-0.2, -0.15) is 0 Å². The smallest absolute Gasteiger partial charge is 0.151 e. The van der Waals surface area contributed by atoms with Gasteiger partial charge in [-0.25, -0.2) is 9.97 Å². The molecule has 0 atom stereocenters. The van der Waals surface area contributed by atoms with Gasteiger partial charge in [0.1, 0.15) is 0 Å². The van der Waals surface area contributed by atoms with Gasteiger partial charge in [0, 0.05) is 18.1 Å². The Morgan fingerprint density at radius 2 is 2.25 bits per heavy atom. The number of nitrogens with zero attached hydrogens (tertiary/aromatic N) is 3. The number of thiazole rings is 1. The lowest BCUT2D eigenvalue weighted by Crippen LogP contribution is -2.18. The lowest BCUT2D eigenvalue weighted by molar-refractivity contribution is 0.903. The summed E-state index contributed by atoms with van der Waals surface area (Å²) in [6, 6.07) is 3.70. The van der Waals surface area contributed by atoms with Crippen LogP contribution in [0.3, 0.4) is 0 Å². The van der Waals surface area contributed by atoms with Crippen molar-refractivity contribution in [3.8, 4) is 0 Å². The molecule has 16 heavy (non-hydrogen) atoms. The van der Waals surface area contributed by atoms with Crippen LogP contribution in [0.15, 0.2) is 23.8 Å². The first kappa shape index (κ1) is 10.9. The summed E-state index contributed by atoms with van der Waals surface area (Å²) < 4.78 is 0. The van der Waals surface area contributed by atoms with Gasteiger partial charge in [-0.1, -0.05) is 0 Å². The molecule has 0 bridgehead atoms. The maximum atomic E-state index is 5.87. The lowest BCUT2D eigenvalue weighted by Gasteiger charge is -2.18. The van der Waals surface area contributed by atoms with Gasteiger partial charge in [-0.3, -0.25) is 0 Å². The Morgan fingerprint density at radius 1 is 1.44 bits per heavy atom. The average Bonchev–Trinajstić information content (AvgIpc) is 2.65. The van der Waals surface area contributed by atoms with Gasteiger partial charge in [0.25, 0.3) is 0 Å². The molecule has 0 saturated heterocycles. The molecule has 0 aliphatic heterocycles. The van der Waals surface area contributed by atoms with Crippen molar-refractivity contribution < 1.29 is 0 Å². The summed E-state index contributed by atoms with van der Waals surface area (Å²) in [5.74, 6) is 0.815. The highest BCUT2D eigenvalue weighted by molar-refractivity contribution is 7.09. The molecule has 0 amide bonds. The van der Waals surface area contributed by atoms with E-state index in [2.05, 4.69) is 9.97 Å². The van der Waals surface area contributed by atoms with E-state index in [0.717, 1.165) is 18.1 Å². The fourth-order valence-electron chi connectivity index (χ4n) is 1.50. The summed E-state index contributed by atoms with van der Waals surface area (Å²) in [5, 5.41) is 0. The normalized spacial score (nSPS) is 10.4. The molecule has 0 radical (unpaired) electrons. The number of aryl methyl sites for hydroxylation is 1. The Labute approximate surface area is 98.8 Å². The molecule has 2 rings (SSSR count). The second-order valence-corrected chi connectivity index (χ2v) is 4.57. The first-order valence-electron chi connectivity index (χ1n) is 4.99. The van der Waals surface area contributed by atoms with Crippen LogP contribution in [-0.2, 0) is 6.54 Å². The van der Waals surface area contributed by atoms with Gasteiger partial charge in [0.05, 0.1) is 23.4 Å². The maximum Gasteiger partial charge on any atom is 0.151 e. The zero-order valence-corrected chi connectivity index (χ0v) is 10.2. The number of rotatable bonds is 3. The van der Waals surface area contributed by atoms with E-state index >= 15 is 0 Å². The maximum absolute atomic E-state index is 5.87. The summed E-state index contributed by atoms with van der Waals surface area (Å²) in [4.78, 5) is 11.8. The molecule has 0 spiro atoms. The number of nitrogen functional groups attached to an aromatic ring is 1. The molecular formula is C11H14N4S. The molecule has 4 nitrogen and oxygen atoms in total. The van der Waals surface area contributed by atoms with Crippen LogP contribution < -0.4 is 10.6 Å². The van der Waals surface area contributed by atoms with Crippen molar-refractivity contribution in [2.24, 2.45) is 0 Å². The first-order valence-corrected chi connectivity index (χ1v) is 5.87. The van der Waals surface area contributed by atoms with Gasteiger partial charge in [-0.05, 0) is 19.1 Å². The van der Waals surface area contributed by atoms with Crippen molar-refractivity contribution in [1.29, 1.82) is 0 Å². The van der Waals surface area contributed by atoms with E-state index in [1.165, 1.54) is 4.88 Å². The van der Waals surface area contributed by atoms with E-state index in [-0.39, 0.29) is 0 Å². The number of nitrogens with two attached hydrogens (primary N) is 1. The highest BCUT2D eigenvalue weighted by Crippen LogP contribution is 2.22. The number of hydrogen-bond donors (Lipinski definition) is 1. The van der Waals surface area contributed by atoms with Crippen LogP contribution >= 0.6 is 11.3 Å². The minimum atomic E-state index is 0.701. The fraction of sp³-hybridized carbons (Fsp3) is 0.273. The zero-order chi connectivity index (χ0) is 11.5. The Hall–Kier alpha value is -1.62. The van der Waals surface area contributed by atoms with E-state index in [1.807, 2.05) is 36.5 Å². The van der Waals surface area contributed by atoms with Crippen LogP contribution in [0.2, 0.25) is 0 Å². The van der Waals surface area contributed by atoms with E-state index in [9.17, 15) is 0 Å². The third-order valence-corrected chi connectivity index (χ3v) is 3.32. The molecule has 2 heterocycles. The third-order valence-electron chi connectivity index (χ3n) is 2.40.